The number of aromatic amines is 1. The van der Waals surface area contributed by atoms with E-state index in [1.807, 2.05) is 52.1 Å². The zero-order valence-corrected chi connectivity index (χ0v) is 24.8. The molecule has 1 amide bonds. The molecule has 1 aliphatic heterocycles. The largest absolute Gasteiger partial charge is 0.379 e. The molecule has 0 radical (unpaired) electrons. The van der Waals surface area contributed by atoms with Gasteiger partial charge in [-0.2, -0.15) is 4.98 Å². The van der Waals surface area contributed by atoms with Crippen LogP contribution in [0.25, 0.3) is 17.1 Å². The second kappa shape index (κ2) is 12.8. The maximum absolute atomic E-state index is 15.2. The van der Waals surface area contributed by atoms with Crippen molar-refractivity contribution in [3.05, 3.63) is 82.5 Å². The Morgan fingerprint density at radius 3 is 2.63 bits per heavy atom. The Labute approximate surface area is 249 Å². The quantitative estimate of drug-likeness (QED) is 0.266. The molecule has 3 aromatic heterocycles. The molecule has 0 atom stereocenters. The molecule has 2 N–H and O–H groups in total. The van der Waals surface area contributed by atoms with Crippen molar-refractivity contribution in [2.45, 2.75) is 46.2 Å². The third-order valence-corrected chi connectivity index (χ3v) is 7.06. The van der Waals surface area contributed by atoms with Crippen molar-refractivity contribution in [3.8, 4) is 11.5 Å². The van der Waals surface area contributed by atoms with Gasteiger partial charge in [-0.25, -0.2) is 14.4 Å². The van der Waals surface area contributed by atoms with E-state index in [9.17, 15) is 4.79 Å². The van der Waals surface area contributed by atoms with Crippen LogP contribution in [0.15, 0.2) is 52.1 Å². The summed E-state index contributed by atoms with van der Waals surface area (Å²) in [6, 6.07) is 8.76. The number of amides is 1. The molecule has 0 saturated carbocycles. The number of nitrogens with one attached hydrogen (secondary N) is 2. The minimum atomic E-state index is -0.574. The van der Waals surface area contributed by atoms with E-state index in [0.717, 1.165) is 38.4 Å². The standard InChI is InChI=1S/C31H35FN8O3/c1-6-22(20-8-9-21(23(32)15-20)17-35-28(41)29-38-30(39-43-29)31(2,3)4)25-27(33-5)37-26(36-25)24-10-7-19(16-34-24)18-40-11-13-42-14-12-40/h6-10,15-16H,5,11-14,17-18H2,1-4H3,(H,35,41)(H,36,37)/b22-6-. The molecular weight excluding hydrogens is 551 g/mol. The summed E-state index contributed by atoms with van der Waals surface area (Å²) in [6.45, 7) is 15.3. The average Bonchev–Trinajstić information content (AvgIpc) is 3.67. The van der Waals surface area contributed by atoms with Gasteiger partial charge in [0.15, 0.2) is 17.5 Å². The van der Waals surface area contributed by atoms with Crippen LogP contribution < -0.4 is 5.32 Å². The summed E-state index contributed by atoms with van der Waals surface area (Å²) < 4.78 is 25.7. The van der Waals surface area contributed by atoms with Gasteiger partial charge in [0, 0.05) is 48.9 Å². The topological polar surface area (TPSA) is 134 Å². The maximum atomic E-state index is 15.2. The lowest BCUT2D eigenvalue weighted by atomic mass is 9.96. The van der Waals surface area contributed by atoms with Gasteiger partial charge in [0.05, 0.1) is 18.9 Å². The summed E-state index contributed by atoms with van der Waals surface area (Å²) in [5, 5.41) is 6.49. The Balaban J connectivity index is 1.29. The van der Waals surface area contributed by atoms with Crippen molar-refractivity contribution >= 4 is 24.0 Å². The first kappa shape index (κ1) is 29.9. The van der Waals surface area contributed by atoms with Gasteiger partial charge in [-0.05, 0) is 36.9 Å². The summed E-state index contributed by atoms with van der Waals surface area (Å²) in [6.07, 6.45) is 3.70. The predicted octanol–water partition coefficient (Wildman–Crippen LogP) is 4.84. The first-order valence-corrected chi connectivity index (χ1v) is 14.1. The molecule has 0 bridgehead atoms. The third-order valence-electron chi connectivity index (χ3n) is 7.06. The fourth-order valence-corrected chi connectivity index (χ4v) is 4.65. The average molecular weight is 587 g/mol. The van der Waals surface area contributed by atoms with E-state index in [0.29, 0.717) is 45.6 Å². The first-order valence-electron chi connectivity index (χ1n) is 14.1. The van der Waals surface area contributed by atoms with Crippen molar-refractivity contribution in [2.24, 2.45) is 4.99 Å². The van der Waals surface area contributed by atoms with Gasteiger partial charge in [0.25, 0.3) is 0 Å². The molecule has 0 unspecified atom stereocenters. The molecule has 1 aromatic carbocycles. The van der Waals surface area contributed by atoms with Crippen LogP contribution >= 0.6 is 0 Å². The number of H-pyrrole nitrogens is 1. The molecule has 0 spiro atoms. The molecule has 43 heavy (non-hydrogen) atoms. The number of rotatable bonds is 9. The molecule has 1 saturated heterocycles. The summed E-state index contributed by atoms with van der Waals surface area (Å²) in [7, 11) is 0. The Hall–Kier alpha value is -4.55. The number of ether oxygens (including phenoxy) is 1. The first-order chi connectivity index (χ1) is 20.7. The molecule has 1 fully saturated rings. The number of halogens is 1. The number of benzene rings is 1. The molecule has 224 valence electrons. The molecular formula is C31H35FN8O3. The summed E-state index contributed by atoms with van der Waals surface area (Å²) >= 11 is 0. The van der Waals surface area contributed by atoms with E-state index in [1.54, 1.807) is 12.1 Å². The van der Waals surface area contributed by atoms with Gasteiger partial charge >= 0.3 is 11.8 Å². The number of morpholine rings is 1. The van der Waals surface area contributed by atoms with E-state index >= 15 is 4.39 Å². The van der Waals surface area contributed by atoms with Gasteiger partial charge in [-0.1, -0.05) is 50.2 Å². The van der Waals surface area contributed by atoms with Crippen LogP contribution in [0.2, 0.25) is 0 Å². The molecule has 1 aliphatic rings. The van der Waals surface area contributed by atoms with Crippen LogP contribution in [-0.2, 0) is 23.2 Å². The lowest BCUT2D eigenvalue weighted by Gasteiger charge is -2.26. The van der Waals surface area contributed by atoms with Crippen molar-refractivity contribution in [3.63, 3.8) is 0 Å². The van der Waals surface area contributed by atoms with Crippen molar-refractivity contribution < 1.29 is 18.4 Å². The smallest absolute Gasteiger partial charge is 0.315 e. The molecule has 12 heteroatoms. The van der Waals surface area contributed by atoms with E-state index in [4.69, 9.17) is 9.26 Å². The highest BCUT2D eigenvalue weighted by Gasteiger charge is 2.24. The normalized spacial score (nSPS) is 14.6. The zero-order valence-electron chi connectivity index (χ0n) is 24.8. The van der Waals surface area contributed by atoms with Crippen LogP contribution in [0.5, 0.6) is 0 Å². The lowest BCUT2D eigenvalue weighted by molar-refractivity contribution is 0.0341. The van der Waals surface area contributed by atoms with Crippen molar-refractivity contribution in [1.29, 1.82) is 0 Å². The SMILES string of the molecule is C=Nc1nc(-c2ccc(CN3CCOCC3)cn2)[nH]c1/C(=C\C)c1ccc(CNC(=O)c2nc(C(C)(C)C)no2)c(F)c1. The van der Waals surface area contributed by atoms with E-state index < -0.39 is 11.7 Å². The monoisotopic (exact) mass is 586 g/mol. The van der Waals surface area contributed by atoms with Crippen LogP contribution in [0, 0.1) is 5.82 Å². The Morgan fingerprint density at radius 1 is 1.21 bits per heavy atom. The van der Waals surface area contributed by atoms with Crippen molar-refractivity contribution in [2.75, 3.05) is 26.3 Å². The molecule has 4 heterocycles. The number of nitrogens with zero attached hydrogens (tertiary/aromatic N) is 6. The highest BCUT2D eigenvalue weighted by molar-refractivity contribution is 5.89. The number of hydrogen-bond acceptors (Lipinski definition) is 9. The van der Waals surface area contributed by atoms with Crippen LogP contribution in [0.4, 0.5) is 10.2 Å². The summed E-state index contributed by atoms with van der Waals surface area (Å²) in [5.41, 5.74) is 3.60. The Kier molecular flexibility index (Phi) is 8.88. The minimum absolute atomic E-state index is 0.0514. The number of pyridine rings is 1. The summed E-state index contributed by atoms with van der Waals surface area (Å²) in [5.74, 6) is 0.106. The fourth-order valence-electron chi connectivity index (χ4n) is 4.65. The fraction of sp³-hybridized carbons (Fsp3) is 0.355. The number of imidazole rings is 1. The Morgan fingerprint density at radius 2 is 2.00 bits per heavy atom. The number of aliphatic imine (C=N–C) groups is 1. The molecule has 4 aromatic rings. The lowest BCUT2D eigenvalue weighted by Crippen LogP contribution is -2.35. The maximum Gasteiger partial charge on any atom is 0.315 e. The number of carbonyl (C=O) groups is 1. The van der Waals surface area contributed by atoms with Crippen LogP contribution in [0.1, 0.15) is 66.6 Å². The highest BCUT2D eigenvalue weighted by Crippen LogP contribution is 2.32. The zero-order chi connectivity index (χ0) is 30.6. The number of carbonyl (C=O) groups excluding carboxylic acids is 1. The molecule has 5 rings (SSSR count). The van der Waals surface area contributed by atoms with E-state index in [-0.39, 0.29) is 17.9 Å². The number of hydrogen-bond donors (Lipinski definition) is 2. The highest BCUT2D eigenvalue weighted by atomic mass is 19.1. The van der Waals surface area contributed by atoms with E-state index in [1.165, 1.54) is 6.07 Å². The van der Waals surface area contributed by atoms with Gasteiger partial charge in [-0.3, -0.25) is 14.7 Å². The number of allylic oxidation sites excluding steroid dienone is 1. The predicted molar refractivity (Wildman–Crippen MR) is 160 cm³/mol. The van der Waals surface area contributed by atoms with Crippen molar-refractivity contribution in [1.82, 2.24) is 35.3 Å². The van der Waals surface area contributed by atoms with Gasteiger partial charge in [-0.15, -0.1) is 0 Å². The number of aromatic nitrogens is 5. The second-order valence-corrected chi connectivity index (χ2v) is 11.2. The molecule has 0 aliphatic carbocycles. The second-order valence-electron chi connectivity index (χ2n) is 11.2. The van der Waals surface area contributed by atoms with Crippen LogP contribution in [0.3, 0.4) is 0 Å². The van der Waals surface area contributed by atoms with Gasteiger partial charge in [0.1, 0.15) is 11.5 Å². The van der Waals surface area contributed by atoms with Gasteiger partial charge < -0.3 is 19.6 Å². The Bertz CT molecular complexity index is 1630. The van der Waals surface area contributed by atoms with E-state index in [2.05, 4.69) is 47.0 Å². The van der Waals surface area contributed by atoms with Crippen LogP contribution in [-0.4, -0.2) is 68.9 Å². The third kappa shape index (κ3) is 6.92. The summed E-state index contributed by atoms with van der Waals surface area (Å²) in [4.78, 5) is 35.6. The molecule has 11 nitrogen and oxygen atoms in total. The minimum Gasteiger partial charge on any atom is -0.379 e. The van der Waals surface area contributed by atoms with Gasteiger partial charge in [0.2, 0.25) is 0 Å².